The Morgan fingerprint density at radius 1 is 1.15 bits per heavy atom. The van der Waals surface area contributed by atoms with Gasteiger partial charge in [0.1, 0.15) is 0 Å². The Balaban J connectivity index is 1.77. The molecule has 114 valence electrons. The number of carbonyl (C=O) groups excluding carboxylic acids is 1. The first-order chi connectivity index (χ1) is 9.42. The molecule has 1 unspecified atom stereocenters. The van der Waals surface area contributed by atoms with E-state index in [1.807, 2.05) is 0 Å². The number of halogens is 3. The lowest BCUT2D eigenvalue weighted by molar-refractivity contribution is -0.222. The van der Waals surface area contributed by atoms with Gasteiger partial charge >= 0.3 is 6.18 Å². The molecular weight excluding hydrogens is 269 g/mol. The minimum atomic E-state index is -4.46. The average Bonchev–Trinajstić information content (AvgIpc) is 3.29. The van der Waals surface area contributed by atoms with Crippen LogP contribution in [0.25, 0.3) is 0 Å². The molecule has 3 nitrogen and oxygen atoms in total. The lowest BCUT2D eigenvalue weighted by Gasteiger charge is -2.35. The third-order valence-corrected chi connectivity index (χ3v) is 4.75. The monoisotopic (exact) mass is 290 g/mol. The fourth-order valence-electron chi connectivity index (χ4n) is 3.00. The Morgan fingerprint density at radius 3 is 2.05 bits per heavy atom. The van der Waals surface area contributed by atoms with Crippen LogP contribution in [0, 0.1) is 17.3 Å². The van der Waals surface area contributed by atoms with Crippen molar-refractivity contribution in [3.8, 4) is 0 Å². The van der Waals surface area contributed by atoms with E-state index in [4.69, 9.17) is 0 Å². The first-order valence-corrected chi connectivity index (χ1v) is 7.49. The summed E-state index contributed by atoms with van der Waals surface area (Å²) in [5.74, 6) is 0.170. The Labute approximate surface area is 116 Å². The van der Waals surface area contributed by atoms with Crippen molar-refractivity contribution in [1.29, 1.82) is 0 Å². The molecule has 1 heterocycles. The molecule has 3 fully saturated rings. The number of carbonyl (C=O) groups is 1. The maximum absolute atomic E-state index is 13.4. The molecule has 2 aliphatic carbocycles. The summed E-state index contributed by atoms with van der Waals surface area (Å²) < 4.78 is 40.3. The van der Waals surface area contributed by atoms with Crippen molar-refractivity contribution < 1.29 is 18.0 Å². The fraction of sp³-hybridized carbons (Fsp3) is 0.929. The van der Waals surface area contributed by atoms with Crippen molar-refractivity contribution in [2.45, 2.75) is 38.3 Å². The lowest BCUT2D eigenvalue weighted by Crippen LogP contribution is -2.54. The number of nitrogens with zero attached hydrogens (tertiary/aromatic N) is 1. The van der Waals surface area contributed by atoms with Gasteiger partial charge in [0.25, 0.3) is 0 Å². The molecule has 1 atom stereocenters. The Kier molecular flexibility index (Phi) is 3.47. The van der Waals surface area contributed by atoms with Gasteiger partial charge in [-0.3, -0.25) is 4.79 Å². The second-order valence-electron chi connectivity index (χ2n) is 6.60. The highest BCUT2D eigenvalue weighted by Crippen LogP contribution is 2.45. The van der Waals surface area contributed by atoms with Crippen LogP contribution in [0.15, 0.2) is 0 Å². The molecule has 0 aromatic rings. The zero-order valence-corrected chi connectivity index (χ0v) is 11.5. The van der Waals surface area contributed by atoms with E-state index in [1.165, 1.54) is 4.90 Å². The lowest BCUT2D eigenvalue weighted by atomic mass is 9.84. The largest absolute Gasteiger partial charge is 0.404 e. The van der Waals surface area contributed by atoms with Gasteiger partial charge in [0.2, 0.25) is 5.91 Å². The van der Waals surface area contributed by atoms with E-state index < -0.39 is 17.5 Å². The van der Waals surface area contributed by atoms with E-state index in [0.717, 1.165) is 25.7 Å². The van der Waals surface area contributed by atoms with Crippen LogP contribution in [-0.2, 0) is 4.79 Å². The van der Waals surface area contributed by atoms with Crippen LogP contribution in [0.1, 0.15) is 32.1 Å². The highest BCUT2D eigenvalue weighted by molar-refractivity contribution is 5.84. The molecule has 20 heavy (non-hydrogen) atoms. The molecule has 1 saturated heterocycles. The van der Waals surface area contributed by atoms with Crippen molar-refractivity contribution >= 4 is 5.91 Å². The zero-order chi connectivity index (χ0) is 14.4. The van der Waals surface area contributed by atoms with Gasteiger partial charge in [-0.2, -0.15) is 13.2 Å². The molecule has 1 aliphatic heterocycles. The van der Waals surface area contributed by atoms with Crippen molar-refractivity contribution in [2.24, 2.45) is 17.3 Å². The molecule has 0 bridgehead atoms. The van der Waals surface area contributed by atoms with Crippen LogP contribution in [0.2, 0.25) is 0 Å². The third kappa shape index (κ3) is 2.67. The maximum atomic E-state index is 13.4. The summed E-state index contributed by atoms with van der Waals surface area (Å²) in [6.07, 6.45) is -0.394. The quantitative estimate of drug-likeness (QED) is 0.841. The van der Waals surface area contributed by atoms with Crippen LogP contribution in [-0.4, -0.2) is 43.2 Å². The minimum absolute atomic E-state index is 0.124. The highest BCUT2D eigenvalue weighted by atomic mass is 19.4. The fourth-order valence-corrected chi connectivity index (χ4v) is 3.00. The average molecular weight is 290 g/mol. The number of hydrogen-bond acceptors (Lipinski definition) is 2. The first kappa shape index (κ1) is 14.2. The SMILES string of the molecule is O=C(N(CC1CC1)CC1CC1)C1(C(F)(F)F)CCNC1. The van der Waals surface area contributed by atoms with Gasteiger partial charge in [-0.1, -0.05) is 0 Å². The van der Waals surface area contributed by atoms with E-state index >= 15 is 0 Å². The smallest absolute Gasteiger partial charge is 0.341 e. The molecule has 0 aromatic heterocycles. The van der Waals surface area contributed by atoms with Gasteiger partial charge in [0.15, 0.2) is 5.41 Å². The molecule has 1 N–H and O–H groups in total. The molecular formula is C14H21F3N2O. The van der Waals surface area contributed by atoms with Gasteiger partial charge in [-0.15, -0.1) is 0 Å². The highest BCUT2D eigenvalue weighted by Gasteiger charge is 2.62. The van der Waals surface area contributed by atoms with Crippen molar-refractivity contribution in [3.05, 3.63) is 0 Å². The summed E-state index contributed by atoms with van der Waals surface area (Å²) in [5, 5.41) is 2.73. The van der Waals surface area contributed by atoms with E-state index in [2.05, 4.69) is 5.32 Å². The van der Waals surface area contributed by atoms with Gasteiger partial charge < -0.3 is 10.2 Å². The molecule has 2 saturated carbocycles. The predicted molar refractivity (Wildman–Crippen MR) is 68.0 cm³/mol. The number of nitrogens with one attached hydrogen (secondary N) is 1. The van der Waals surface area contributed by atoms with Crippen LogP contribution < -0.4 is 5.32 Å². The van der Waals surface area contributed by atoms with Gasteiger partial charge in [-0.05, 0) is 50.5 Å². The number of alkyl halides is 3. The van der Waals surface area contributed by atoms with E-state index in [-0.39, 0.29) is 19.5 Å². The topological polar surface area (TPSA) is 32.3 Å². The van der Waals surface area contributed by atoms with Crippen LogP contribution in [0.3, 0.4) is 0 Å². The molecule has 0 radical (unpaired) electrons. The number of amides is 1. The van der Waals surface area contributed by atoms with Crippen molar-refractivity contribution in [2.75, 3.05) is 26.2 Å². The standard InChI is InChI=1S/C14H21F3N2O/c15-14(16,17)13(5-6-18-9-13)12(20)19(7-10-1-2-10)8-11-3-4-11/h10-11,18H,1-9H2. The second-order valence-corrected chi connectivity index (χ2v) is 6.60. The summed E-state index contributed by atoms with van der Waals surface area (Å²) in [7, 11) is 0. The third-order valence-electron chi connectivity index (χ3n) is 4.75. The Bertz CT molecular complexity index is 368. The predicted octanol–water partition coefficient (Wildman–Crippen LogP) is 2.18. The first-order valence-electron chi connectivity index (χ1n) is 7.49. The summed E-state index contributed by atoms with van der Waals surface area (Å²) in [6.45, 7) is 1.05. The second kappa shape index (κ2) is 4.90. The number of rotatable bonds is 5. The molecule has 3 rings (SSSR count). The van der Waals surface area contributed by atoms with E-state index in [1.54, 1.807) is 0 Å². The summed E-state index contributed by atoms with van der Waals surface area (Å²) in [4.78, 5) is 14.1. The van der Waals surface area contributed by atoms with E-state index in [9.17, 15) is 18.0 Å². The zero-order valence-electron chi connectivity index (χ0n) is 11.5. The number of hydrogen-bond donors (Lipinski definition) is 1. The normalized spacial score (nSPS) is 30.6. The Hall–Kier alpha value is -0.780. The van der Waals surface area contributed by atoms with E-state index in [0.29, 0.717) is 24.9 Å². The molecule has 3 aliphatic rings. The molecule has 0 aromatic carbocycles. The summed E-state index contributed by atoms with van der Waals surface area (Å²) in [5.41, 5.74) is -2.18. The van der Waals surface area contributed by atoms with Crippen LogP contribution in [0.5, 0.6) is 0 Å². The molecule has 6 heteroatoms. The summed E-state index contributed by atoms with van der Waals surface area (Å²) >= 11 is 0. The maximum Gasteiger partial charge on any atom is 0.404 e. The van der Waals surface area contributed by atoms with Crippen LogP contribution in [0.4, 0.5) is 13.2 Å². The van der Waals surface area contributed by atoms with Gasteiger partial charge in [-0.25, -0.2) is 0 Å². The minimum Gasteiger partial charge on any atom is -0.341 e. The van der Waals surface area contributed by atoms with Crippen molar-refractivity contribution in [3.63, 3.8) is 0 Å². The van der Waals surface area contributed by atoms with Crippen molar-refractivity contribution in [1.82, 2.24) is 10.2 Å². The van der Waals surface area contributed by atoms with Gasteiger partial charge in [0.05, 0.1) is 0 Å². The van der Waals surface area contributed by atoms with Crippen LogP contribution >= 0.6 is 0 Å². The summed E-state index contributed by atoms with van der Waals surface area (Å²) in [6, 6.07) is 0. The Morgan fingerprint density at radius 2 is 1.70 bits per heavy atom. The molecule has 0 spiro atoms. The molecule has 1 amide bonds. The van der Waals surface area contributed by atoms with Gasteiger partial charge in [0, 0.05) is 19.6 Å².